The van der Waals surface area contributed by atoms with Crippen molar-refractivity contribution < 1.29 is 10.1 Å². The third-order valence-electron chi connectivity index (χ3n) is 0.898. The van der Waals surface area contributed by atoms with Gasteiger partial charge in [0.25, 0.3) is 0 Å². The molecule has 0 bridgehead atoms. The molecule has 2 heteroatoms. The van der Waals surface area contributed by atoms with Gasteiger partial charge >= 0.3 is 0 Å². The fraction of sp³-hybridized carbons (Fsp3) is 0.667. The topological polar surface area (TPSA) is 29.5 Å². The van der Waals surface area contributed by atoms with Gasteiger partial charge in [-0.2, -0.15) is 0 Å². The molecule has 0 saturated heterocycles. The third kappa shape index (κ3) is 2.64. The second-order valence-corrected chi connectivity index (χ2v) is 1.52. The zero-order valence-corrected chi connectivity index (χ0v) is 5.35. The summed E-state index contributed by atoms with van der Waals surface area (Å²) in [6.07, 6.45) is 3.51. The van der Waals surface area contributed by atoms with Crippen LogP contribution >= 0.6 is 0 Å². The molecular weight excluding hydrogens is 104 g/mol. The summed E-state index contributed by atoms with van der Waals surface area (Å²) < 4.78 is 0. The molecule has 0 aromatic rings. The van der Waals surface area contributed by atoms with Crippen molar-refractivity contribution in [3.8, 4) is 0 Å². The van der Waals surface area contributed by atoms with Gasteiger partial charge in [-0.1, -0.05) is 13.8 Å². The summed E-state index contributed by atoms with van der Waals surface area (Å²) in [6, 6.07) is 0. The maximum atomic E-state index is 8.09. The lowest BCUT2D eigenvalue weighted by Crippen LogP contribution is -1.82. The van der Waals surface area contributed by atoms with Gasteiger partial charge in [-0.25, -0.2) is 5.26 Å². The average molecular weight is 116 g/mol. The van der Waals surface area contributed by atoms with Gasteiger partial charge in [0.05, 0.1) is 0 Å². The first-order valence-electron chi connectivity index (χ1n) is 2.85. The van der Waals surface area contributed by atoms with E-state index in [1.165, 1.54) is 0 Å². The van der Waals surface area contributed by atoms with Crippen LogP contribution in [0.5, 0.6) is 0 Å². The monoisotopic (exact) mass is 116 g/mol. The summed E-state index contributed by atoms with van der Waals surface area (Å²) in [5.41, 5.74) is 0. The zero-order chi connectivity index (χ0) is 6.41. The molecule has 2 nitrogen and oxygen atoms in total. The fourth-order valence-electron chi connectivity index (χ4n) is 0.474. The number of rotatable bonds is 3. The summed E-state index contributed by atoms with van der Waals surface area (Å²) in [6.45, 7) is 3.92. The molecule has 0 amide bonds. The average Bonchev–Trinajstić information content (AvgIpc) is 1.83. The molecule has 0 aliphatic carbocycles. The molecule has 0 aliphatic heterocycles. The van der Waals surface area contributed by atoms with E-state index in [4.69, 9.17) is 5.26 Å². The Morgan fingerprint density at radius 1 is 1.62 bits per heavy atom. The second kappa shape index (κ2) is 4.65. The van der Waals surface area contributed by atoms with Crippen LogP contribution in [-0.2, 0) is 4.89 Å². The highest BCUT2D eigenvalue weighted by atomic mass is 17.1. The van der Waals surface area contributed by atoms with E-state index in [1.807, 2.05) is 19.9 Å². The second-order valence-electron chi connectivity index (χ2n) is 1.52. The van der Waals surface area contributed by atoms with Crippen LogP contribution in [0.3, 0.4) is 0 Å². The van der Waals surface area contributed by atoms with Gasteiger partial charge in [0.2, 0.25) is 0 Å². The normalized spacial score (nSPS) is 11.6. The Morgan fingerprint density at radius 2 is 2.25 bits per heavy atom. The Hall–Kier alpha value is -0.500. The summed E-state index contributed by atoms with van der Waals surface area (Å²) in [7, 11) is 0. The zero-order valence-electron chi connectivity index (χ0n) is 5.35. The highest BCUT2D eigenvalue weighted by Gasteiger charge is 1.88. The minimum atomic E-state index is 0.646. The lowest BCUT2D eigenvalue weighted by atomic mass is 10.3. The van der Waals surface area contributed by atoms with Crippen LogP contribution in [0, 0.1) is 0 Å². The Bertz CT molecular complexity index is 70.6. The van der Waals surface area contributed by atoms with E-state index in [-0.39, 0.29) is 0 Å². The van der Waals surface area contributed by atoms with E-state index in [9.17, 15) is 0 Å². The van der Waals surface area contributed by atoms with Crippen molar-refractivity contribution in [1.82, 2.24) is 0 Å². The van der Waals surface area contributed by atoms with Crippen LogP contribution in [0.15, 0.2) is 11.8 Å². The lowest BCUT2D eigenvalue weighted by molar-refractivity contribution is -0.205. The Morgan fingerprint density at radius 3 is 2.38 bits per heavy atom. The van der Waals surface area contributed by atoms with E-state index in [0.29, 0.717) is 5.76 Å². The first kappa shape index (κ1) is 7.50. The van der Waals surface area contributed by atoms with Gasteiger partial charge in [-0.15, -0.1) is 0 Å². The van der Waals surface area contributed by atoms with Gasteiger partial charge in [0.1, 0.15) is 5.76 Å². The van der Waals surface area contributed by atoms with Crippen LogP contribution in [0.25, 0.3) is 0 Å². The maximum absolute atomic E-state index is 8.09. The van der Waals surface area contributed by atoms with Gasteiger partial charge < -0.3 is 4.89 Å². The molecular formula is C6H12O2. The summed E-state index contributed by atoms with van der Waals surface area (Å²) in [5, 5.41) is 8.09. The molecule has 0 fully saturated rings. The first-order valence-corrected chi connectivity index (χ1v) is 2.85. The van der Waals surface area contributed by atoms with Gasteiger partial charge in [-0.3, -0.25) is 0 Å². The highest BCUT2D eigenvalue weighted by molar-refractivity contribution is 4.89. The van der Waals surface area contributed by atoms with Crippen molar-refractivity contribution >= 4 is 0 Å². The largest absolute Gasteiger partial charge is 0.345 e. The molecule has 0 aromatic carbocycles. The van der Waals surface area contributed by atoms with Crippen LogP contribution in [0.1, 0.15) is 26.7 Å². The summed E-state index contributed by atoms with van der Waals surface area (Å²) in [4.78, 5) is 4.00. The van der Waals surface area contributed by atoms with Crippen LogP contribution in [0.4, 0.5) is 0 Å². The Kier molecular flexibility index (Phi) is 4.36. The summed E-state index contributed by atoms with van der Waals surface area (Å²) in [5.74, 6) is 0.646. The van der Waals surface area contributed by atoms with Crippen molar-refractivity contribution in [2.24, 2.45) is 0 Å². The molecule has 0 spiro atoms. The maximum Gasteiger partial charge on any atom is 0.137 e. The molecule has 1 N–H and O–H groups in total. The Labute approximate surface area is 49.7 Å². The van der Waals surface area contributed by atoms with Crippen molar-refractivity contribution in [3.63, 3.8) is 0 Å². The van der Waals surface area contributed by atoms with Crippen LogP contribution in [0.2, 0.25) is 0 Å². The van der Waals surface area contributed by atoms with Crippen LogP contribution in [-0.4, -0.2) is 5.26 Å². The first-order chi connectivity index (χ1) is 3.85. The quantitative estimate of drug-likeness (QED) is 0.348. The number of hydrogen-bond donors (Lipinski definition) is 1. The van der Waals surface area contributed by atoms with Gasteiger partial charge in [0.15, 0.2) is 0 Å². The fourth-order valence-corrected chi connectivity index (χ4v) is 0.474. The highest BCUT2D eigenvalue weighted by Crippen LogP contribution is 2.00. The molecule has 0 atom stereocenters. The molecule has 48 valence electrons. The van der Waals surface area contributed by atoms with Crippen molar-refractivity contribution in [2.45, 2.75) is 26.7 Å². The standard InChI is InChI=1S/C6H12O2/c1-3-5-6(4-2)8-7/h5,7H,3-4H2,1-2H3/b6-5-. The molecule has 0 radical (unpaired) electrons. The lowest BCUT2D eigenvalue weighted by Gasteiger charge is -1.95. The SMILES string of the molecule is CC/C=C(/CC)OO. The van der Waals surface area contributed by atoms with E-state index in [0.717, 1.165) is 12.8 Å². The Balaban J connectivity index is 3.49. The van der Waals surface area contributed by atoms with Crippen molar-refractivity contribution in [1.29, 1.82) is 0 Å². The minimum Gasteiger partial charge on any atom is -0.345 e. The molecule has 0 saturated carbocycles. The van der Waals surface area contributed by atoms with E-state index >= 15 is 0 Å². The molecule has 0 aromatic heterocycles. The molecule has 0 heterocycles. The minimum absolute atomic E-state index is 0.646. The predicted octanol–water partition coefficient (Wildman–Crippen LogP) is 2.18. The van der Waals surface area contributed by atoms with Gasteiger partial charge in [0, 0.05) is 6.42 Å². The molecule has 0 aliphatic rings. The van der Waals surface area contributed by atoms with Gasteiger partial charge in [-0.05, 0) is 12.5 Å². The van der Waals surface area contributed by atoms with E-state index in [2.05, 4.69) is 4.89 Å². The number of allylic oxidation sites excluding steroid dienone is 2. The van der Waals surface area contributed by atoms with Crippen molar-refractivity contribution in [3.05, 3.63) is 11.8 Å². The summed E-state index contributed by atoms with van der Waals surface area (Å²) >= 11 is 0. The smallest absolute Gasteiger partial charge is 0.137 e. The third-order valence-corrected chi connectivity index (χ3v) is 0.898. The molecule has 0 rings (SSSR count). The van der Waals surface area contributed by atoms with Crippen LogP contribution < -0.4 is 0 Å². The molecule has 8 heavy (non-hydrogen) atoms. The van der Waals surface area contributed by atoms with Crippen molar-refractivity contribution in [2.75, 3.05) is 0 Å². The predicted molar refractivity (Wildman–Crippen MR) is 32.4 cm³/mol. The number of hydrogen-bond acceptors (Lipinski definition) is 2. The van der Waals surface area contributed by atoms with E-state index < -0.39 is 0 Å². The molecule has 0 unspecified atom stereocenters. The van der Waals surface area contributed by atoms with E-state index in [1.54, 1.807) is 0 Å².